The molecule has 1 saturated heterocycles. The van der Waals surface area contributed by atoms with Gasteiger partial charge in [-0.1, -0.05) is 24.3 Å². The van der Waals surface area contributed by atoms with Crippen molar-refractivity contribution in [1.29, 1.82) is 0 Å². The molecule has 2 aromatic carbocycles. The van der Waals surface area contributed by atoms with Gasteiger partial charge in [-0.05, 0) is 34.9 Å². The van der Waals surface area contributed by atoms with Crippen LogP contribution in [0.5, 0.6) is 5.75 Å². The molecule has 1 heterocycles. The summed E-state index contributed by atoms with van der Waals surface area (Å²) in [6.45, 7) is 3.48. The van der Waals surface area contributed by atoms with E-state index in [1.54, 1.807) is 7.11 Å². The molecule has 0 spiro atoms. The summed E-state index contributed by atoms with van der Waals surface area (Å²) < 4.78 is 17.1. The van der Waals surface area contributed by atoms with Crippen LogP contribution in [0.2, 0.25) is 0 Å². The molecule has 0 radical (unpaired) electrons. The van der Waals surface area contributed by atoms with Crippen LogP contribution in [0.15, 0.2) is 36.4 Å². The van der Waals surface area contributed by atoms with Crippen LogP contribution in [0.4, 0.5) is 0 Å². The molecule has 5 nitrogen and oxygen atoms in total. The number of amides is 1. The van der Waals surface area contributed by atoms with Gasteiger partial charge < -0.3 is 19.5 Å². The molecule has 0 aromatic heterocycles. The second-order valence-corrected chi connectivity index (χ2v) is 6.35. The van der Waals surface area contributed by atoms with Gasteiger partial charge in [-0.25, -0.2) is 0 Å². The number of fused-ring (bicyclic) bond motifs is 1. The molecule has 1 amide bonds. The Morgan fingerprint density at radius 3 is 2.76 bits per heavy atom. The van der Waals surface area contributed by atoms with Crippen molar-refractivity contribution >= 4 is 16.7 Å². The van der Waals surface area contributed by atoms with Crippen molar-refractivity contribution in [2.24, 2.45) is 0 Å². The molecule has 5 heteroatoms. The number of hydrogen-bond acceptors (Lipinski definition) is 4. The van der Waals surface area contributed by atoms with Crippen molar-refractivity contribution in [3.05, 3.63) is 42.0 Å². The smallest absolute Gasteiger partial charge is 0.216 e. The standard InChI is InChI=1S/C20H25NO4/c1-14(22)21-10-4-7-20-24-12-16(13-25-20)18-6-3-5-15-11-17(23-2)8-9-19(15)18/h3,5-6,8-9,11,16,20H,4,7,10,12-13H2,1-2H3,(H,21,22). The third kappa shape index (κ3) is 4.50. The van der Waals surface area contributed by atoms with Crippen molar-refractivity contribution in [2.75, 3.05) is 26.9 Å². The van der Waals surface area contributed by atoms with E-state index in [1.807, 2.05) is 12.1 Å². The van der Waals surface area contributed by atoms with Gasteiger partial charge in [0.1, 0.15) is 5.75 Å². The minimum Gasteiger partial charge on any atom is -0.497 e. The lowest BCUT2D eigenvalue weighted by molar-refractivity contribution is -0.189. The molecule has 1 aliphatic heterocycles. The maximum absolute atomic E-state index is 10.9. The number of benzene rings is 2. The van der Waals surface area contributed by atoms with Gasteiger partial charge in [0.15, 0.2) is 6.29 Å². The summed E-state index contributed by atoms with van der Waals surface area (Å²) >= 11 is 0. The highest BCUT2D eigenvalue weighted by atomic mass is 16.7. The molecule has 1 aliphatic rings. The number of methoxy groups -OCH3 is 1. The molecule has 0 bridgehead atoms. The molecule has 0 aliphatic carbocycles. The normalized spacial score (nSPS) is 20.4. The molecule has 1 fully saturated rings. The van der Waals surface area contributed by atoms with Crippen LogP contribution < -0.4 is 10.1 Å². The number of nitrogens with one attached hydrogen (secondary N) is 1. The van der Waals surface area contributed by atoms with E-state index < -0.39 is 0 Å². The zero-order valence-electron chi connectivity index (χ0n) is 14.8. The Morgan fingerprint density at radius 1 is 1.24 bits per heavy atom. The highest BCUT2D eigenvalue weighted by Gasteiger charge is 2.24. The first-order valence-corrected chi connectivity index (χ1v) is 8.71. The summed E-state index contributed by atoms with van der Waals surface area (Å²) in [5.74, 6) is 1.09. The second-order valence-electron chi connectivity index (χ2n) is 6.35. The van der Waals surface area contributed by atoms with E-state index in [4.69, 9.17) is 14.2 Å². The first-order chi connectivity index (χ1) is 12.2. The van der Waals surface area contributed by atoms with E-state index in [2.05, 4.69) is 29.6 Å². The Morgan fingerprint density at radius 2 is 2.04 bits per heavy atom. The van der Waals surface area contributed by atoms with Crippen LogP contribution in [0.3, 0.4) is 0 Å². The Bertz CT molecular complexity index is 723. The molecule has 25 heavy (non-hydrogen) atoms. The third-order valence-electron chi connectivity index (χ3n) is 4.52. The van der Waals surface area contributed by atoms with E-state index in [0.717, 1.165) is 24.0 Å². The molecule has 0 saturated carbocycles. The van der Waals surface area contributed by atoms with Gasteiger partial charge in [0.25, 0.3) is 0 Å². The van der Waals surface area contributed by atoms with Crippen molar-refractivity contribution in [1.82, 2.24) is 5.32 Å². The van der Waals surface area contributed by atoms with Gasteiger partial charge >= 0.3 is 0 Å². The molecule has 0 atom stereocenters. The summed E-state index contributed by atoms with van der Waals surface area (Å²) in [4.78, 5) is 10.9. The van der Waals surface area contributed by atoms with Crippen LogP contribution in [0, 0.1) is 0 Å². The Labute approximate surface area is 148 Å². The largest absolute Gasteiger partial charge is 0.497 e. The van der Waals surface area contributed by atoms with Gasteiger partial charge in [-0.2, -0.15) is 0 Å². The van der Waals surface area contributed by atoms with Crippen molar-refractivity contribution in [3.8, 4) is 5.75 Å². The lowest BCUT2D eigenvalue weighted by Gasteiger charge is -2.30. The summed E-state index contributed by atoms with van der Waals surface area (Å²) in [7, 11) is 1.68. The number of carbonyl (C=O) groups excluding carboxylic acids is 1. The van der Waals surface area contributed by atoms with Crippen molar-refractivity contribution in [2.45, 2.75) is 32.0 Å². The summed E-state index contributed by atoms with van der Waals surface area (Å²) in [5, 5.41) is 5.16. The van der Waals surface area contributed by atoms with Crippen LogP contribution in [-0.2, 0) is 14.3 Å². The SMILES string of the molecule is COc1ccc2c(C3COC(CCCNC(C)=O)OC3)cccc2c1. The molecular weight excluding hydrogens is 318 g/mol. The predicted octanol–water partition coefficient (Wildman–Crippen LogP) is 3.22. The Hall–Kier alpha value is -2.11. The van der Waals surface area contributed by atoms with Crippen molar-refractivity contribution < 1.29 is 19.0 Å². The van der Waals surface area contributed by atoms with Crippen molar-refractivity contribution in [3.63, 3.8) is 0 Å². The van der Waals surface area contributed by atoms with Gasteiger partial charge in [0, 0.05) is 25.8 Å². The molecule has 134 valence electrons. The van der Waals surface area contributed by atoms with Gasteiger partial charge in [-0.3, -0.25) is 4.79 Å². The fourth-order valence-corrected chi connectivity index (χ4v) is 3.19. The van der Waals surface area contributed by atoms with Gasteiger partial charge in [0.05, 0.1) is 20.3 Å². The fourth-order valence-electron chi connectivity index (χ4n) is 3.19. The fraction of sp³-hybridized carbons (Fsp3) is 0.450. The number of carbonyl (C=O) groups is 1. The number of hydrogen-bond donors (Lipinski definition) is 1. The molecule has 0 unspecified atom stereocenters. The predicted molar refractivity (Wildman–Crippen MR) is 96.9 cm³/mol. The van der Waals surface area contributed by atoms with Crippen LogP contribution in [0.25, 0.3) is 10.8 Å². The van der Waals surface area contributed by atoms with Crippen LogP contribution in [-0.4, -0.2) is 39.1 Å². The Kier molecular flexibility index (Phi) is 5.89. The van der Waals surface area contributed by atoms with Crippen LogP contribution >= 0.6 is 0 Å². The molecule has 3 rings (SSSR count). The summed E-state index contributed by atoms with van der Waals surface area (Å²) in [6, 6.07) is 12.4. The molecular formula is C20H25NO4. The highest BCUT2D eigenvalue weighted by molar-refractivity contribution is 5.87. The molecule has 2 aromatic rings. The first-order valence-electron chi connectivity index (χ1n) is 8.71. The van der Waals surface area contributed by atoms with E-state index in [9.17, 15) is 4.79 Å². The molecule has 1 N–H and O–H groups in total. The van der Waals surface area contributed by atoms with E-state index in [-0.39, 0.29) is 18.1 Å². The zero-order chi connectivity index (χ0) is 17.6. The monoisotopic (exact) mass is 343 g/mol. The zero-order valence-corrected chi connectivity index (χ0v) is 14.8. The minimum absolute atomic E-state index is 0.00173. The van der Waals surface area contributed by atoms with E-state index >= 15 is 0 Å². The summed E-state index contributed by atoms with van der Waals surface area (Å²) in [6.07, 6.45) is 1.46. The quantitative estimate of drug-likeness (QED) is 0.818. The maximum atomic E-state index is 10.9. The average Bonchev–Trinajstić information content (AvgIpc) is 2.64. The third-order valence-corrected chi connectivity index (χ3v) is 4.52. The van der Waals surface area contributed by atoms with E-state index in [1.165, 1.54) is 17.9 Å². The lowest BCUT2D eigenvalue weighted by Crippen LogP contribution is -2.32. The van der Waals surface area contributed by atoms with Gasteiger partial charge in [-0.15, -0.1) is 0 Å². The maximum Gasteiger partial charge on any atom is 0.216 e. The van der Waals surface area contributed by atoms with E-state index in [0.29, 0.717) is 19.8 Å². The van der Waals surface area contributed by atoms with Crippen LogP contribution in [0.1, 0.15) is 31.2 Å². The minimum atomic E-state index is -0.180. The lowest BCUT2D eigenvalue weighted by atomic mass is 9.94. The van der Waals surface area contributed by atoms with Gasteiger partial charge in [0.2, 0.25) is 5.91 Å². The highest BCUT2D eigenvalue weighted by Crippen LogP contribution is 2.31. The second kappa shape index (κ2) is 8.32. The number of rotatable bonds is 6. The Balaban J connectivity index is 1.59. The average molecular weight is 343 g/mol. The topological polar surface area (TPSA) is 56.8 Å². The number of ether oxygens (including phenoxy) is 3. The summed E-state index contributed by atoms with van der Waals surface area (Å²) in [5.41, 5.74) is 1.25. The first kappa shape index (κ1) is 17.7.